The smallest absolute Gasteiger partial charge is 0.223 e. The van der Waals surface area contributed by atoms with E-state index in [9.17, 15) is 4.79 Å². The van der Waals surface area contributed by atoms with Gasteiger partial charge in [0.1, 0.15) is 0 Å². The molecule has 1 aliphatic rings. The van der Waals surface area contributed by atoms with E-state index in [1.54, 1.807) is 0 Å². The third-order valence-corrected chi connectivity index (χ3v) is 2.45. The first-order valence-corrected chi connectivity index (χ1v) is 5.26. The maximum atomic E-state index is 11.6. The van der Waals surface area contributed by atoms with Crippen LogP contribution in [0.25, 0.3) is 0 Å². The molecule has 1 aliphatic heterocycles. The van der Waals surface area contributed by atoms with Crippen LogP contribution in [0.5, 0.6) is 0 Å². The third kappa shape index (κ3) is 4.64. The zero-order valence-corrected chi connectivity index (χ0v) is 8.81. The van der Waals surface area contributed by atoms with Crippen LogP contribution in [0.3, 0.4) is 0 Å². The SMILES string of the molecule is N=C(N)NCCNC(=O)C1CCNCC1. The Bertz CT molecular complexity index is 225. The fourth-order valence-electron chi connectivity index (χ4n) is 1.61. The Morgan fingerprint density at radius 1 is 1.33 bits per heavy atom. The van der Waals surface area contributed by atoms with Crippen LogP contribution < -0.4 is 21.7 Å². The van der Waals surface area contributed by atoms with E-state index in [0.29, 0.717) is 13.1 Å². The molecule has 1 rings (SSSR count). The molecule has 0 atom stereocenters. The van der Waals surface area contributed by atoms with Crippen molar-refractivity contribution in [2.24, 2.45) is 11.7 Å². The lowest BCUT2D eigenvalue weighted by Crippen LogP contribution is -2.42. The fourth-order valence-corrected chi connectivity index (χ4v) is 1.61. The maximum Gasteiger partial charge on any atom is 0.223 e. The zero-order valence-electron chi connectivity index (χ0n) is 8.81. The van der Waals surface area contributed by atoms with Gasteiger partial charge in [0.2, 0.25) is 5.91 Å². The number of carbonyl (C=O) groups excluding carboxylic acids is 1. The summed E-state index contributed by atoms with van der Waals surface area (Å²) in [5.41, 5.74) is 5.10. The summed E-state index contributed by atoms with van der Waals surface area (Å²) in [5.74, 6) is 0.191. The Morgan fingerprint density at radius 3 is 2.53 bits per heavy atom. The fraction of sp³-hybridized carbons (Fsp3) is 0.778. The molecule has 1 heterocycles. The molecule has 6 heteroatoms. The van der Waals surface area contributed by atoms with E-state index >= 15 is 0 Å². The molecule has 1 saturated heterocycles. The van der Waals surface area contributed by atoms with Crippen molar-refractivity contribution >= 4 is 11.9 Å². The minimum absolute atomic E-state index is 0.0638. The summed E-state index contributed by atoms with van der Waals surface area (Å²) >= 11 is 0. The van der Waals surface area contributed by atoms with Crippen molar-refractivity contribution in [3.63, 3.8) is 0 Å². The molecule has 6 nitrogen and oxygen atoms in total. The van der Waals surface area contributed by atoms with Gasteiger partial charge in [-0.15, -0.1) is 0 Å². The van der Waals surface area contributed by atoms with Gasteiger partial charge in [0.25, 0.3) is 0 Å². The second kappa shape index (κ2) is 6.23. The summed E-state index contributed by atoms with van der Waals surface area (Å²) in [6.07, 6.45) is 1.82. The van der Waals surface area contributed by atoms with Crippen LogP contribution in [-0.2, 0) is 4.79 Å². The molecule has 1 amide bonds. The van der Waals surface area contributed by atoms with Gasteiger partial charge in [-0.2, -0.15) is 0 Å². The van der Waals surface area contributed by atoms with Gasteiger partial charge in [-0.25, -0.2) is 0 Å². The van der Waals surface area contributed by atoms with Crippen molar-refractivity contribution in [2.45, 2.75) is 12.8 Å². The molecule has 0 radical (unpaired) electrons. The number of rotatable bonds is 4. The van der Waals surface area contributed by atoms with Crippen molar-refractivity contribution in [1.29, 1.82) is 5.41 Å². The largest absolute Gasteiger partial charge is 0.370 e. The highest BCUT2D eigenvalue weighted by atomic mass is 16.1. The summed E-state index contributed by atoms with van der Waals surface area (Å²) < 4.78 is 0. The Balaban J connectivity index is 2.09. The molecule has 86 valence electrons. The lowest BCUT2D eigenvalue weighted by atomic mass is 9.97. The number of piperidine rings is 1. The van der Waals surface area contributed by atoms with E-state index in [1.807, 2.05) is 0 Å². The summed E-state index contributed by atoms with van der Waals surface area (Å²) in [4.78, 5) is 11.6. The van der Waals surface area contributed by atoms with Crippen LogP contribution in [0.1, 0.15) is 12.8 Å². The predicted octanol–water partition coefficient (Wildman–Crippen LogP) is -1.41. The molecular weight excluding hydrogens is 194 g/mol. The van der Waals surface area contributed by atoms with E-state index in [4.69, 9.17) is 11.1 Å². The molecule has 0 unspecified atom stereocenters. The Labute approximate surface area is 89.5 Å². The van der Waals surface area contributed by atoms with E-state index in [1.165, 1.54) is 0 Å². The monoisotopic (exact) mass is 213 g/mol. The molecule has 0 bridgehead atoms. The Kier molecular flexibility index (Phi) is 4.89. The molecule has 0 aromatic carbocycles. The van der Waals surface area contributed by atoms with Crippen molar-refractivity contribution < 1.29 is 4.79 Å². The van der Waals surface area contributed by atoms with Gasteiger partial charge < -0.3 is 21.7 Å². The summed E-state index contributed by atoms with van der Waals surface area (Å²) in [6, 6.07) is 0. The normalized spacial score (nSPS) is 17.1. The van der Waals surface area contributed by atoms with E-state index in [-0.39, 0.29) is 17.8 Å². The van der Waals surface area contributed by atoms with Crippen LogP contribution in [0.2, 0.25) is 0 Å². The Hall–Kier alpha value is -1.30. The van der Waals surface area contributed by atoms with Crippen molar-refractivity contribution in [2.75, 3.05) is 26.2 Å². The summed E-state index contributed by atoms with van der Waals surface area (Å²) in [6.45, 7) is 2.86. The zero-order chi connectivity index (χ0) is 11.1. The molecule has 6 N–H and O–H groups in total. The average Bonchev–Trinajstić information content (AvgIpc) is 2.25. The number of nitrogens with two attached hydrogens (primary N) is 1. The van der Waals surface area contributed by atoms with Crippen LogP contribution in [-0.4, -0.2) is 38.0 Å². The third-order valence-electron chi connectivity index (χ3n) is 2.45. The highest BCUT2D eigenvalue weighted by Crippen LogP contribution is 2.10. The van der Waals surface area contributed by atoms with Crippen molar-refractivity contribution in [3.05, 3.63) is 0 Å². The van der Waals surface area contributed by atoms with Gasteiger partial charge in [-0.1, -0.05) is 0 Å². The predicted molar refractivity (Wildman–Crippen MR) is 58.5 cm³/mol. The van der Waals surface area contributed by atoms with Gasteiger partial charge in [-0.3, -0.25) is 10.2 Å². The molecule has 0 aromatic rings. The molecule has 0 spiro atoms. The minimum atomic E-state index is -0.0638. The molecule has 15 heavy (non-hydrogen) atoms. The number of hydrogen-bond acceptors (Lipinski definition) is 3. The second-order valence-corrected chi connectivity index (χ2v) is 3.66. The minimum Gasteiger partial charge on any atom is -0.370 e. The van der Waals surface area contributed by atoms with Crippen LogP contribution in [0.15, 0.2) is 0 Å². The van der Waals surface area contributed by atoms with Gasteiger partial charge in [-0.05, 0) is 25.9 Å². The van der Waals surface area contributed by atoms with Gasteiger partial charge >= 0.3 is 0 Å². The lowest BCUT2D eigenvalue weighted by Gasteiger charge is -2.21. The lowest BCUT2D eigenvalue weighted by molar-refractivity contribution is -0.125. The highest BCUT2D eigenvalue weighted by molar-refractivity contribution is 5.79. The van der Waals surface area contributed by atoms with Gasteiger partial charge in [0.15, 0.2) is 5.96 Å². The quantitative estimate of drug-likeness (QED) is 0.225. The summed E-state index contributed by atoms with van der Waals surface area (Å²) in [5, 5.41) is 15.6. The molecule has 1 fully saturated rings. The highest BCUT2D eigenvalue weighted by Gasteiger charge is 2.19. The van der Waals surface area contributed by atoms with Gasteiger partial charge in [0, 0.05) is 19.0 Å². The first-order chi connectivity index (χ1) is 7.20. The van der Waals surface area contributed by atoms with E-state index in [2.05, 4.69) is 16.0 Å². The van der Waals surface area contributed by atoms with Crippen molar-refractivity contribution in [1.82, 2.24) is 16.0 Å². The van der Waals surface area contributed by atoms with E-state index < -0.39 is 0 Å². The van der Waals surface area contributed by atoms with Crippen LogP contribution >= 0.6 is 0 Å². The average molecular weight is 213 g/mol. The number of hydrogen-bond donors (Lipinski definition) is 5. The van der Waals surface area contributed by atoms with Gasteiger partial charge in [0.05, 0.1) is 0 Å². The number of carbonyl (C=O) groups is 1. The molecule has 0 aromatic heterocycles. The summed E-state index contributed by atoms with van der Waals surface area (Å²) in [7, 11) is 0. The van der Waals surface area contributed by atoms with Crippen LogP contribution in [0.4, 0.5) is 0 Å². The number of nitrogens with one attached hydrogen (secondary N) is 4. The molecule has 0 saturated carbocycles. The van der Waals surface area contributed by atoms with Crippen LogP contribution in [0, 0.1) is 11.3 Å². The molecular formula is C9H19N5O. The number of guanidine groups is 1. The topological polar surface area (TPSA) is 103 Å². The molecule has 0 aliphatic carbocycles. The second-order valence-electron chi connectivity index (χ2n) is 3.66. The number of amides is 1. The van der Waals surface area contributed by atoms with E-state index in [0.717, 1.165) is 25.9 Å². The first kappa shape index (κ1) is 11.8. The maximum absolute atomic E-state index is 11.6. The Morgan fingerprint density at radius 2 is 1.93 bits per heavy atom. The van der Waals surface area contributed by atoms with Crippen molar-refractivity contribution in [3.8, 4) is 0 Å². The standard InChI is InChI=1S/C9H19N5O/c10-9(11)14-6-5-13-8(15)7-1-3-12-4-2-7/h7,12H,1-6H2,(H,13,15)(H4,10,11,14). The first-order valence-electron chi connectivity index (χ1n) is 5.26.